The Bertz CT molecular complexity index is 902. The highest BCUT2D eigenvalue weighted by Crippen LogP contribution is 2.33. The summed E-state index contributed by atoms with van der Waals surface area (Å²) in [6.07, 6.45) is 2.47. The topological polar surface area (TPSA) is 92.0 Å². The second-order valence-corrected chi connectivity index (χ2v) is 7.97. The summed E-state index contributed by atoms with van der Waals surface area (Å²) in [6.45, 7) is 3.38. The van der Waals surface area contributed by atoms with Crippen molar-refractivity contribution < 1.29 is 17.6 Å². The molecule has 7 nitrogen and oxygen atoms in total. The minimum absolute atomic E-state index is 0.0143. The number of carbonyl (C=O) groups is 1. The molecule has 0 aliphatic carbocycles. The van der Waals surface area contributed by atoms with E-state index in [4.69, 9.17) is 4.42 Å². The molecule has 1 aromatic carbocycles. The molecule has 1 amide bonds. The number of rotatable bonds is 6. The number of hydrazone groups is 1. The largest absolute Gasteiger partial charge is 0.467 e. The summed E-state index contributed by atoms with van der Waals surface area (Å²) in [7, 11) is -3.31. The lowest BCUT2D eigenvalue weighted by Crippen LogP contribution is -2.25. The van der Waals surface area contributed by atoms with Crippen molar-refractivity contribution >= 4 is 27.3 Å². The van der Waals surface area contributed by atoms with Gasteiger partial charge in [0, 0.05) is 18.5 Å². The van der Waals surface area contributed by atoms with Crippen LogP contribution in [0.3, 0.4) is 0 Å². The van der Waals surface area contributed by atoms with Gasteiger partial charge in [0.25, 0.3) is 0 Å². The van der Waals surface area contributed by atoms with Crippen LogP contribution in [-0.2, 0) is 14.8 Å². The zero-order chi connectivity index (χ0) is 18.7. The van der Waals surface area contributed by atoms with Crippen LogP contribution in [0, 0.1) is 0 Å². The van der Waals surface area contributed by atoms with Crippen molar-refractivity contribution in [2.45, 2.75) is 32.7 Å². The lowest BCUT2D eigenvalue weighted by atomic mass is 10.0. The quantitative estimate of drug-likeness (QED) is 0.839. The molecule has 1 aromatic heterocycles. The van der Waals surface area contributed by atoms with Crippen LogP contribution in [-0.4, -0.2) is 30.8 Å². The molecule has 138 valence electrons. The van der Waals surface area contributed by atoms with Crippen LogP contribution in [0.2, 0.25) is 0 Å². The minimum Gasteiger partial charge on any atom is -0.467 e. The van der Waals surface area contributed by atoms with Gasteiger partial charge in [0.1, 0.15) is 11.8 Å². The fourth-order valence-electron chi connectivity index (χ4n) is 2.76. The van der Waals surface area contributed by atoms with Gasteiger partial charge >= 0.3 is 0 Å². The van der Waals surface area contributed by atoms with Crippen LogP contribution >= 0.6 is 0 Å². The van der Waals surface area contributed by atoms with Gasteiger partial charge in [0.05, 0.1) is 17.7 Å². The average molecular weight is 375 g/mol. The minimum atomic E-state index is -3.31. The van der Waals surface area contributed by atoms with Gasteiger partial charge in [-0.2, -0.15) is 5.10 Å². The molecule has 0 saturated heterocycles. The standard InChI is InChI=1S/C18H21N3O4S/c1-3-18(22)21-16(17-6-5-11-25-17)12-15(19-21)13-7-9-14(10-8-13)20-26(23,24)4-2/h5-11,16,20H,3-4,12H2,1-2H3. The SMILES string of the molecule is CCC(=O)N1N=C(c2ccc(NS(=O)(=O)CC)cc2)CC1c1ccco1. The van der Waals surface area contributed by atoms with Crippen molar-refractivity contribution in [3.05, 3.63) is 54.0 Å². The number of nitrogens with one attached hydrogen (secondary N) is 1. The maximum Gasteiger partial charge on any atom is 0.243 e. The molecule has 0 bridgehead atoms. The van der Waals surface area contributed by atoms with E-state index in [2.05, 4.69) is 9.82 Å². The van der Waals surface area contributed by atoms with Gasteiger partial charge in [0.15, 0.2) is 0 Å². The molecule has 1 aliphatic heterocycles. The first kappa shape index (κ1) is 18.2. The fraction of sp³-hybridized carbons (Fsp3) is 0.333. The summed E-state index contributed by atoms with van der Waals surface area (Å²) in [4.78, 5) is 12.2. The summed E-state index contributed by atoms with van der Waals surface area (Å²) >= 11 is 0. The third-order valence-electron chi connectivity index (χ3n) is 4.21. The van der Waals surface area contributed by atoms with E-state index >= 15 is 0 Å². The Morgan fingerprint density at radius 2 is 2.00 bits per heavy atom. The first-order valence-electron chi connectivity index (χ1n) is 8.47. The predicted molar refractivity (Wildman–Crippen MR) is 99.3 cm³/mol. The van der Waals surface area contributed by atoms with E-state index in [-0.39, 0.29) is 17.7 Å². The Morgan fingerprint density at radius 3 is 2.58 bits per heavy atom. The lowest BCUT2D eigenvalue weighted by molar-refractivity contribution is -0.133. The van der Waals surface area contributed by atoms with Gasteiger partial charge in [-0.3, -0.25) is 9.52 Å². The van der Waals surface area contributed by atoms with E-state index in [9.17, 15) is 13.2 Å². The van der Waals surface area contributed by atoms with Crippen LogP contribution in [0.25, 0.3) is 0 Å². The van der Waals surface area contributed by atoms with Crippen molar-refractivity contribution in [2.75, 3.05) is 10.5 Å². The van der Waals surface area contributed by atoms with E-state index in [1.54, 1.807) is 50.4 Å². The monoisotopic (exact) mass is 375 g/mol. The number of hydrogen-bond donors (Lipinski definition) is 1. The normalized spacial score (nSPS) is 17.2. The molecule has 1 N–H and O–H groups in total. The second-order valence-electron chi connectivity index (χ2n) is 5.96. The highest BCUT2D eigenvalue weighted by molar-refractivity contribution is 7.92. The molecule has 0 saturated carbocycles. The molecule has 2 aromatic rings. The molecule has 8 heteroatoms. The first-order valence-corrected chi connectivity index (χ1v) is 10.1. The summed E-state index contributed by atoms with van der Waals surface area (Å²) < 4.78 is 31.3. The Kier molecular flexibility index (Phi) is 5.13. The predicted octanol–water partition coefficient (Wildman–Crippen LogP) is 3.13. The highest BCUT2D eigenvalue weighted by Gasteiger charge is 2.34. The van der Waals surface area contributed by atoms with Crippen molar-refractivity contribution in [1.82, 2.24) is 5.01 Å². The zero-order valence-electron chi connectivity index (χ0n) is 14.7. The van der Waals surface area contributed by atoms with E-state index in [0.717, 1.165) is 11.3 Å². The van der Waals surface area contributed by atoms with Gasteiger partial charge in [-0.25, -0.2) is 13.4 Å². The number of benzene rings is 1. The molecule has 26 heavy (non-hydrogen) atoms. The molecule has 2 heterocycles. The Morgan fingerprint density at radius 1 is 1.27 bits per heavy atom. The molecule has 1 aliphatic rings. The Hall–Kier alpha value is -2.61. The Labute approximate surface area is 152 Å². The molecule has 1 atom stereocenters. The van der Waals surface area contributed by atoms with Gasteiger partial charge in [-0.1, -0.05) is 19.1 Å². The highest BCUT2D eigenvalue weighted by atomic mass is 32.2. The Balaban J connectivity index is 1.83. The summed E-state index contributed by atoms with van der Waals surface area (Å²) in [5.74, 6) is 0.631. The molecule has 0 spiro atoms. The van der Waals surface area contributed by atoms with Crippen LogP contribution < -0.4 is 4.72 Å². The third kappa shape index (κ3) is 3.80. The second kappa shape index (κ2) is 7.33. The number of sulfonamides is 1. The molecule has 1 unspecified atom stereocenters. The van der Waals surface area contributed by atoms with Gasteiger partial charge < -0.3 is 4.42 Å². The number of furan rings is 1. The van der Waals surface area contributed by atoms with E-state index in [0.29, 0.717) is 24.3 Å². The van der Waals surface area contributed by atoms with Crippen LogP contribution in [0.15, 0.2) is 52.2 Å². The average Bonchev–Trinajstić information content (AvgIpc) is 3.31. The third-order valence-corrected chi connectivity index (χ3v) is 5.52. The van der Waals surface area contributed by atoms with Crippen molar-refractivity contribution in [1.29, 1.82) is 0 Å². The number of anilines is 1. The molecule has 0 fully saturated rings. The smallest absolute Gasteiger partial charge is 0.243 e. The maximum absolute atomic E-state index is 12.2. The lowest BCUT2D eigenvalue weighted by Gasteiger charge is -2.18. The molecular formula is C18H21N3O4S. The van der Waals surface area contributed by atoms with Crippen LogP contribution in [0.1, 0.15) is 44.1 Å². The van der Waals surface area contributed by atoms with Crippen LogP contribution in [0.4, 0.5) is 5.69 Å². The van der Waals surface area contributed by atoms with E-state index in [1.807, 2.05) is 6.07 Å². The first-order chi connectivity index (χ1) is 12.4. The number of hydrogen-bond acceptors (Lipinski definition) is 5. The summed E-state index contributed by atoms with van der Waals surface area (Å²) in [5.41, 5.74) is 2.10. The molecular weight excluding hydrogens is 354 g/mol. The molecule has 3 rings (SSSR count). The van der Waals surface area contributed by atoms with E-state index in [1.165, 1.54) is 5.01 Å². The summed E-state index contributed by atoms with van der Waals surface area (Å²) in [5, 5.41) is 5.96. The zero-order valence-corrected chi connectivity index (χ0v) is 15.5. The van der Waals surface area contributed by atoms with Gasteiger partial charge in [0.2, 0.25) is 15.9 Å². The van der Waals surface area contributed by atoms with Crippen molar-refractivity contribution in [2.24, 2.45) is 5.10 Å². The van der Waals surface area contributed by atoms with E-state index < -0.39 is 10.0 Å². The van der Waals surface area contributed by atoms with Gasteiger partial charge in [-0.05, 0) is 36.8 Å². The number of carbonyl (C=O) groups excluding carboxylic acids is 1. The number of amides is 1. The van der Waals surface area contributed by atoms with Crippen molar-refractivity contribution in [3.63, 3.8) is 0 Å². The number of nitrogens with zero attached hydrogens (tertiary/aromatic N) is 2. The molecule has 0 radical (unpaired) electrons. The van der Waals surface area contributed by atoms with Crippen molar-refractivity contribution in [3.8, 4) is 0 Å². The maximum atomic E-state index is 12.2. The summed E-state index contributed by atoms with van der Waals surface area (Å²) in [6, 6.07) is 10.3. The van der Waals surface area contributed by atoms with Gasteiger partial charge in [-0.15, -0.1) is 0 Å². The fourth-order valence-corrected chi connectivity index (χ4v) is 3.40. The van der Waals surface area contributed by atoms with Crippen LogP contribution in [0.5, 0.6) is 0 Å².